The van der Waals surface area contributed by atoms with E-state index in [1.165, 1.54) is 6.42 Å². The van der Waals surface area contributed by atoms with Crippen molar-refractivity contribution in [3.05, 3.63) is 0 Å². The van der Waals surface area contributed by atoms with Crippen LogP contribution in [0.2, 0.25) is 0 Å². The van der Waals surface area contributed by atoms with Crippen LogP contribution in [0, 0.1) is 4.61 Å². The zero-order valence-corrected chi connectivity index (χ0v) is 4.66. The maximum Gasteiger partial charge on any atom is -0.0668 e. The summed E-state index contributed by atoms with van der Waals surface area (Å²) in [6.07, 6.45) is 1.17. The van der Waals surface area contributed by atoms with Crippen molar-refractivity contribution in [3.8, 4) is 0 Å². The molecule has 0 aromatic carbocycles. The van der Waals surface area contributed by atoms with Crippen LogP contribution in [0.1, 0.15) is 13.3 Å². The molecule has 0 aromatic heterocycles. The van der Waals surface area contributed by atoms with E-state index in [0.717, 1.165) is 5.75 Å². The topological polar surface area (TPSA) is 23.8 Å². The molecule has 0 bridgehead atoms. The molecule has 0 amide bonds. The summed E-state index contributed by atoms with van der Waals surface area (Å²) in [7, 11) is -0.149. The Morgan fingerprint density at radius 2 is 2.50 bits per heavy atom. The first-order valence-electron chi connectivity index (χ1n) is 2.23. The van der Waals surface area contributed by atoms with Gasteiger partial charge in [0.25, 0.3) is 0 Å². The van der Waals surface area contributed by atoms with Gasteiger partial charge in [-0.1, -0.05) is 13.3 Å². The Kier molecular flexibility index (Phi) is 0.904. The van der Waals surface area contributed by atoms with Crippen molar-refractivity contribution >= 4 is 10.5 Å². The van der Waals surface area contributed by atoms with E-state index in [0.29, 0.717) is 5.25 Å². The molecule has 1 unspecified atom stereocenters. The lowest BCUT2D eigenvalue weighted by molar-refractivity contribution is 0.980. The average Bonchev–Trinajstić information content (AvgIpc) is 2.19. The largest absolute Gasteiger partial charge is 0.430 e. The summed E-state index contributed by atoms with van der Waals surface area (Å²) in [5.41, 5.74) is 0. The fourth-order valence-electron chi connectivity index (χ4n) is 0.461. The van der Waals surface area contributed by atoms with Gasteiger partial charge in [0.05, 0.1) is 0 Å². The van der Waals surface area contributed by atoms with Crippen LogP contribution in [0.15, 0.2) is 0 Å². The number of hydrogen-bond donors (Lipinski definition) is 0. The first-order chi connectivity index (χ1) is 2.84. The summed E-state index contributed by atoms with van der Waals surface area (Å²) >= 11 is 0. The molecular formula is C4H8NS-. The molecule has 1 saturated heterocycles. The van der Waals surface area contributed by atoms with Gasteiger partial charge in [-0.2, -0.15) is 0 Å². The van der Waals surface area contributed by atoms with Gasteiger partial charge in [0.1, 0.15) is 0 Å². The Balaban J connectivity index is 2.32. The van der Waals surface area contributed by atoms with Gasteiger partial charge >= 0.3 is 0 Å². The quantitative estimate of drug-likeness (QED) is 0.356. The molecule has 1 rings (SSSR count). The van der Waals surface area contributed by atoms with Gasteiger partial charge in [-0.3, -0.25) is 0 Å². The highest BCUT2D eigenvalue weighted by molar-refractivity contribution is 7.91. The van der Waals surface area contributed by atoms with Crippen LogP contribution in [0.25, 0.3) is 0 Å². The minimum absolute atomic E-state index is 0.149. The first kappa shape index (κ1) is 4.23. The Morgan fingerprint density at radius 3 is 2.50 bits per heavy atom. The van der Waals surface area contributed by atoms with Gasteiger partial charge in [0.15, 0.2) is 0 Å². The highest BCUT2D eigenvalue weighted by Gasteiger charge is 2.09. The second-order valence-corrected chi connectivity index (χ2v) is 3.40. The molecule has 2 heteroatoms. The average molecular weight is 102 g/mol. The van der Waals surface area contributed by atoms with Crippen LogP contribution in [0.3, 0.4) is 0 Å². The lowest BCUT2D eigenvalue weighted by Gasteiger charge is -1.81. The van der Waals surface area contributed by atoms with Gasteiger partial charge in [0.2, 0.25) is 0 Å². The number of hydrogen-bond acceptors (Lipinski definition) is 2. The third-order valence-electron chi connectivity index (χ3n) is 1.08. The highest BCUT2D eigenvalue weighted by atomic mass is 32.2. The lowest BCUT2D eigenvalue weighted by atomic mass is 10.4. The predicted octanol–water partition coefficient (Wildman–Crippen LogP) is 0.876. The molecule has 1 heterocycles. The molecule has 1 aliphatic rings. The fourth-order valence-corrected chi connectivity index (χ4v) is 1.57. The fraction of sp³-hybridized carbons (Fsp3) is 1.00. The molecule has 6 heavy (non-hydrogen) atoms. The molecule has 1 aliphatic heterocycles. The van der Waals surface area contributed by atoms with Crippen molar-refractivity contribution in [1.82, 2.24) is 0 Å². The Hall–Kier alpha value is 0.0600. The Bertz CT molecular complexity index is 110. The molecule has 0 spiro atoms. The molecule has 36 valence electrons. The molecule has 0 aromatic rings. The van der Waals surface area contributed by atoms with Crippen molar-refractivity contribution in [2.45, 2.75) is 18.6 Å². The molecule has 1 atom stereocenters. The van der Waals surface area contributed by atoms with Crippen molar-refractivity contribution in [2.24, 2.45) is 0 Å². The zero-order valence-electron chi connectivity index (χ0n) is 3.85. The van der Waals surface area contributed by atoms with Gasteiger partial charge in [-0.25, -0.2) is 0 Å². The Labute approximate surface area is 40.3 Å². The standard InChI is InChI=1S/C4H8NS/c1-2-4-3-6(4)5/h4H,2-3H2,1H3/q-1. The Morgan fingerprint density at radius 1 is 2.00 bits per heavy atom. The van der Waals surface area contributed by atoms with Crippen LogP contribution in [-0.2, 0) is 10.5 Å². The smallest absolute Gasteiger partial charge is 0.0668 e. The molecular weight excluding hydrogens is 94.1 g/mol. The van der Waals surface area contributed by atoms with E-state index in [1.807, 2.05) is 0 Å². The van der Waals surface area contributed by atoms with Crippen molar-refractivity contribution in [2.75, 3.05) is 5.75 Å². The maximum absolute atomic E-state index is 8.65. The second kappa shape index (κ2) is 1.28. The summed E-state index contributed by atoms with van der Waals surface area (Å²) < 4.78 is 8.65. The van der Waals surface area contributed by atoms with Crippen LogP contribution in [0.4, 0.5) is 0 Å². The maximum atomic E-state index is 8.65. The van der Waals surface area contributed by atoms with Gasteiger partial charge in [-0.15, -0.1) is 11.0 Å². The predicted molar refractivity (Wildman–Crippen MR) is 28.0 cm³/mol. The van der Waals surface area contributed by atoms with E-state index in [4.69, 9.17) is 4.61 Å². The second-order valence-electron chi connectivity index (χ2n) is 1.60. The molecule has 0 radical (unpaired) electrons. The van der Waals surface area contributed by atoms with E-state index in [2.05, 4.69) is 6.92 Å². The highest BCUT2D eigenvalue weighted by Crippen LogP contribution is 2.16. The third kappa shape index (κ3) is 0.585. The molecule has 1 nitrogen and oxygen atoms in total. The van der Waals surface area contributed by atoms with E-state index >= 15 is 0 Å². The monoisotopic (exact) mass is 102 g/mol. The number of nitrogens with zero attached hydrogens (tertiary/aromatic N) is 1. The summed E-state index contributed by atoms with van der Waals surface area (Å²) in [5.74, 6) is 1.08. The lowest BCUT2D eigenvalue weighted by Crippen LogP contribution is -1.73. The van der Waals surface area contributed by atoms with Gasteiger partial charge in [0, 0.05) is 0 Å². The van der Waals surface area contributed by atoms with Crippen LogP contribution < -0.4 is 0 Å². The summed E-state index contributed by atoms with van der Waals surface area (Å²) in [6.45, 7) is 2.12. The summed E-state index contributed by atoms with van der Waals surface area (Å²) in [5, 5.41) is 0.685. The van der Waals surface area contributed by atoms with Crippen molar-refractivity contribution in [3.63, 3.8) is 0 Å². The molecule has 0 aliphatic carbocycles. The summed E-state index contributed by atoms with van der Waals surface area (Å²) in [4.78, 5) is 0. The van der Waals surface area contributed by atoms with E-state index in [1.54, 1.807) is 0 Å². The van der Waals surface area contributed by atoms with E-state index < -0.39 is 0 Å². The third-order valence-corrected chi connectivity index (χ3v) is 2.67. The molecule has 0 N–H and O–H groups in total. The molecule has 1 fully saturated rings. The minimum Gasteiger partial charge on any atom is -0.430 e. The van der Waals surface area contributed by atoms with Crippen LogP contribution in [-0.4, -0.2) is 11.0 Å². The SMILES string of the molecule is CCC1C[S-]1#N. The first-order valence-corrected chi connectivity index (χ1v) is 3.64. The van der Waals surface area contributed by atoms with Crippen molar-refractivity contribution in [1.29, 1.82) is 4.61 Å². The minimum atomic E-state index is -0.149. The van der Waals surface area contributed by atoms with Gasteiger partial charge < -0.3 is 15.1 Å². The number of rotatable bonds is 1. The molecule has 0 saturated carbocycles. The zero-order chi connectivity index (χ0) is 4.57. The van der Waals surface area contributed by atoms with Crippen LogP contribution in [0.5, 0.6) is 0 Å². The van der Waals surface area contributed by atoms with Gasteiger partial charge in [-0.05, 0) is 0 Å². The van der Waals surface area contributed by atoms with E-state index in [-0.39, 0.29) is 10.5 Å². The van der Waals surface area contributed by atoms with E-state index in [9.17, 15) is 0 Å². The summed E-state index contributed by atoms with van der Waals surface area (Å²) in [6, 6.07) is 0. The normalized spacial score (nSPS) is 33.7. The van der Waals surface area contributed by atoms with Crippen LogP contribution >= 0.6 is 0 Å². The van der Waals surface area contributed by atoms with Crippen molar-refractivity contribution < 1.29 is 0 Å².